The average Bonchev–Trinajstić information content (AvgIpc) is 2.64. The molecule has 0 saturated heterocycles. The van der Waals surface area contributed by atoms with E-state index in [2.05, 4.69) is 52.0 Å². The molecule has 1 aromatic carbocycles. The first kappa shape index (κ1) is 23.1. The highest BCUT2D eigenvalue weighted by atomic mass is 16.9. The lowest BCUT2D eigenvalue weighted by Gasteiger charge is -2.52. The highest BCUT2D eigenvalue weighted by Crippen LogP contribution is 2.50. The molecule has 4 nitrogen and oxygen atoms in total. The number of benzene rings is 1. The predicted octanol–water partition coefficient (Wildman–Crippen LogP) is 4.92. The molecule has 0 heterocycles. The van der Waals surface area contributed by atoms with Crippen LogP contribution in [-0.4, -0.2) is 40.5 Å². The summed E-state index contributed by atoms with van der Waals surface area (Å²) in [5.41, 5.74) is 0.708. The fraction of sp³-hybridized carbons (Fsp3) is 0.727. The monoisotopic (exact) mass is 366 g/mol. The minimum atomic E-state index is -1.20. The molecule has 4 heteroatoms. The standard InChI is InChI=1S/C22H38O4/c1-9-18(4)15-21(20(23-5)17(2)3,22(24-6,25-7)26-8)16-19-13-11-10-12-14-19/h10-14,17-18,20H,9,15-16H2,1-8H3. The van der Waals surface area contributed by atoms with Gasteiger partial charge in [-0.1, -0.05) is 64.4 Å². The van der Waals surface area contributed by atoms with Gasteiger partial charge in [-0.05, 0) is 30.2 Å². The van der Waals surface area contributed by atoms with Crippen LogP contribution in [0.15, 0.2) is 30.3 Å². The Bertz CT molecular complexity index is 490. The van der Waals surface area contributed by atoms with Crippen molar-refractivity contribution in [1.29, 1.82) is 0 Å². The van der Waals surface area contributed by atoms with Gasteiger partial charge in [-0.3, -0.25) is 0 Å². The summed E-state index contributed by atoms with van der Waals surface area (Å²) < 4.78 is 23.9. The van der Waals surface area contributed by atoms with Crippen LogP contribution in [-0.2, 0) is 25.4 Å². The molecule has 1 aromatic rings. The average molecular weight is 367 g/mol. The van der Waals surface area contributed by atoms with E-state index >= 15 is 0 Å². The molecule has 0 radical (unpaired) electrons. The quantitative estimate of drug-likeness (QED) is 0.492. The molecule has 0 aliphatic heterocycles. The Labute approximate surface area is 160 Å². The third kappa shape index (κ3) is 4.66. The SMILES string of the molecule is CCC(C)CC(Cc1ccccc1)(C(OC)C(C)C)C(OC)(OC)OC. The van der Waals surface area contributed by atoms with Gasteiger partial charge in [0.05, 0.1) is 11.5 Å². The van der Waals surface area contributed by atoms with Crippen molar-refractivity contribution in [2.75, 3.05) is 28.4 Å². The number of hydrogen-bond donors (Lipinski definition) is 0. The maximum atomic E-state index is 6.07. The van der Waals surface area contributed by atoms with E-state index in [0.717, 1.165) is 19.3 Å². The molecule has 0 bridgehead atoms. The van der Waals surface area contributed by atoms with Crippen molar-refractivity contribution in [1.82, 2.24) is 0 Å². The summed E-state index contributed by atoms with van der Waals surface area (Å²) in [6.07, 6.45) is 2.57. The number of rotatable bonds is 12. The van der Waals surface area contributed by atoms with E-state index in [9.17, 15) is 0 Å². The lowest BCUT2D eigenvalue weighted by atomic mass is 9.65. The van der Waals surface area contributed by atoms with Gasteiger partial charge in [-0.15, -0.1) is 0 Å². The zero-order valence-electron chi connectivity index (χ0n) is 17.9. The van der Waals surface area contributed by atoms with E-state index < -0.39 is 11.4 Å². The molecule has 150 valence electrons. The van der Waals surface area contributed by atoms with E-state index in [0.29, 0.717) is 5.92 Å². The van der Waals surface area contributed by atoms with E-state index in [1.165, 1.54) is 5.56 Å². The summed E-state index contributed by atoms with van der Waals surface area (Å²) >= 11 is 0. The van der Waals surface area contributed by atoms with Gasteiger partial charge in [0.1, 0.15) is 0 Å². The van der Waals surface area contributed by atoms with Gasteiger partial charge >= 0.3 is 0 Å². The van der Waals surface area contributed by atoms with Crippen LogP contribution >= 0.6 is 0 Å². The van der Waals surface area contributed by atoms with Gasteiger partial charge in [-0.25, -0.2) is 0 Å². The third-order valence-corrected chi connectivity index (χ3v) is 5.59. The summed E-state index contributed by atoms with van der Waals surface area (Å²) in [5.74, 6) is -0.459. The van der Waals surface area contributed by atoms with Gasteiger partial charge in [0, 0.05) is 28.4 Å². The smallest absolute Gasteiger partial charge is 0.291 e. The number of methoxy groups -OCH3 is 4. The molecule has 3 unspecified atom stereocenters. The van der Waals surface area contributed by atoms with Crippen molar-refractivity contribution in [2.45, 2.75) is 59.0 Å². The number of ether oxygens (including phenoxy) is 4. The van der Waals surface area contributed by atoms with Crippen molar-refractivity contribution < 1.29 is 18.9 Å². The summed E-state index contributed by atoms with van der Waals surface area (Å²) in [6.45, 7) is 8.83. The van der Waals surface area contributed by atoms with Crippen molar-refractivity contribution in [3.8, 4) is 0 Å². The first-order valence-corrected chi connectivity index (χ1v) is 9.58. The van der Waals surface area contributed by atoms with Crippen LogP contribution in [0.5, 0.6) is 0 Å². The first-order chi connectivity index (χ1) is 12.4. The molecule has 0 aromatic heterocycles. The Morgan fingerprint density at radius 1 is 0.885 bits per heavy atom. The van der Waals surface area contributed by atoms with Gasteiger partial charge in [0.15, 0.2) is 0 Å². The van der Waals surface area contributed by atoms with E-state index in [1.54, 1.807) is 28.4 Å². The fourth-order valence-electron chi connectivity index (χ4n) is 4.42. The second-order valence-electron chi connectivity index (χ2n) is 7.60. The lowest BCUT2D eigenvalue weighted by Crippen LogP contribution is -2.62. The maximum absolute atomic E-state index is 6.07. The molecule has 0 aliphatic rings. The zero-order chi connectivity index (χ0) is 19.8. The molecular weight excluding hydrogens is 328 g/mol. The van der Waals surface area contributed by atoms with Crippen molar-refractivity contribution in [2.24, 2.45) is 17.3 Å². The molecule has 0 aliphatic carbocycles. The molecule has 0 amide bonds. The normalized spacial score (nSPS) is 17.1. The second kappa shape index (κ2) is 10.4. The minimum Gasteiger partial charge on any atom is -0.380 e. The molecule has 0 N–H and O–H groups in total. The molecule has 0 fully saturated rings. The second-order valence-corrected chi connectivity index (χ2v) is 7.60. The highest BCUT2D eigenvalue weighted by Gasteiger charge is 2.59. The summed E-state index contributed by atoms with van der Waals surface area (Å²) in [4.78, 5) is 0. The van der Waals surface area contributed by atoms with Gasteiger partial charge in [-0.2, -0.15) is 0 Å². The summed E-state index contributed by atoms with van der Waals surface area (Å²) in [6, 6.07) is 10.4. The van der Waals surface area contributed by atoms with E-state index in [1.807, 2.05) is 6.07 Å². The maximum Gasteiger partial charge on any atom is 0.291 e. The van der Waals surface area contributed by atoms with Crippen molar-refractivity contribution >= 4 is 0 Å². The molecule has 26 heavy (non-hydrogen) atoms. The molecule has 0 saturated carbocycles. The van der Waals surface area contributed by atoms with Crippen LogP contribution in [0.2, 0.25) is 0 Å². The van der Waals surface area contributed by atoms with Crippen molar-refractivity contribution in [3.05, 3.63) is 35.9 Å². The third-order valence-electron chi connectivity index (χ3n) is 5.59. The summed E-state index contributed by atoms with van der Waals surface area (Å²) in [5, 5.41) is 0. The first-order valence-electron chi connectivity index (χ1n) is 9.58. The summed E-state index contributed by atoms with van der Waals surface area (Å²) in [7, 11) is 6.72. The fourth-order valence-corrected chi connectivity index (χ4v) is 4.42. The van der Waals surface area contributed by atoms with Crippen LogP contribution in [0.4, 0.5) is 0 Å². The Hall–Kier alpha value is -0.940. The Kier molecular flexibility index (Phi) is 9.25. The molecular formula is C22H38O4. The van der Waals surface area contributed by atoms with E-state index in [-0.39, 0.29) is 12.0 Å². The Morgan fingerprint density at radius 3 is 1.81 bits per heavy atom. The van der Waals surface area contributed by atoms with Crippen molar-refractivity contribution in [3.63, 3.8) is 0 Å². The van der Waals surface area contributed by atoms with Crippen LogP contribution in [0.3, 0.4) is 0 Å². The number of hydrogen-bond acceptors (Lipinski definition) is 4. The van der Waals surface area contributed by atoms with Gasteiger partial charge < -0.3 is 18.9 Å². The van der Waals surface area contributed by atoms with Crippen LogP contribution < -0.4 is 0 Å². The topological polar surface area (TPSA) is 36.9 Å². The molecule has 1 rings (SSSR count). The minimum absolute atomic E-state index is 0.100. The van der Waals surface area contributed by atoms with E-state index in [4.69, 9.17) is 18.9 Å². The largest absolute Gasteiger partial charge is 0.380 e. The predicted molar refractivity (Wildman–Crippen MR) is 106 cm³/mol. The molecule has 3 atom stereocenters. The Balaban J connectivity index is 3.64. The van der Waals surface area contributed by atoms with Crippen LogP contribution in [0, 0.1) is 17.3 Å². The van der Waals surface area contributed by atoms with Crippen LogP contribution in [0.1, 0.15) is 46.1 Å². The van der Waals surface area contributed by atoms with Crippen LogP contribution in [0.25, 0.3) is 0 Å². The molecule has 0 spiro atoms. The Morgan fingerprint density at radius 2 is 1.42 bits per heavy atom. The van der Waals surface area contributed by atoms with Gasteiger partial charge in [0.2, 0.25) is 0 Å². The highest BCUT2D eigenvalue weighted by molar-refractivity contribution is 5.19. The lowest BCUT2D eigenvalue weighted by molar-refractivity contribution is -0.425. The zero-order valence-corrected chi connectivity index (χ0v) is 17.9. The van der Waals surface area contributed by atoms with Gasteiger partial charge in [0.25, 0.3) is 5.97 Å².